The Morgan fingerprint density at radius 1 is 1.26 bits per heavy atom. The fourth-order valence-electron chi connectivity index (χ4n) is 2.29. The van der Waals surface area contributed by atoms with Crippen LogP contribution in [0.15, 0.2) is 24.3 Å². The second-order valence-electron chi connectivity index (χ2n) is 6.07. The van der Waals surface area contributed by atoms with E-state index in [9.17, 15) is 13.2 Å². The van der Waals surface area contributed by atoms with Crippen molar-refractivity contribution in [2.45, 2.75) is 52.6 Å². The van der Waals surface area contributed by atoms with Gasteiger partial charge in [-0.1, -0.05) is 19.1 Å². The first kappa shape index (κ1) is 17.8. The molecule has 0 aromatic heterocycles. The Morgan fingerprint density at radius 2 is 1.87 bits per heavy atom. The summed E-state index contributed by atoms with van der Waals surface area (Å²) >= 11 is 0. The van der Waals surface area contributed by atoms with E-state index in [-0.39, 0.29) is 23.6 Å². The maximum Gasteiger partial charge on any atom is 0.308 e. The molecule has 0 aliphatic heterocycles. The fraction of sp³-hybridized carbons (Fsp3) is 0.588. The van der Waals surface area contributed by atoms with E-state index in [1.807, 2.05) is 17.0 Å². The Labute approximate surface area is 138 Å². The zero-order chi connectivity index (χ0) is 17.0. The van der Waals surface area contributed by atoms with Crippen LogP contribution in [0.4, 0.5) is 0 Å². The minimum atomic E-state index is -3.51. The molecule has 0 spiro atoms. The summed E-state index contributed by atoms with van der Waals surface area (Å²) in [6.45, 7) is 6.22. The van der Waals surface area contributed by atoms with Crippen molar-refractivity contribution in [2.75, 3.05) is 5.75 Å². The lowest BCUT2D eigenvalue weighted by Gasteiger charge is -2.29. The van der Waals surface area contributed by atoms with Crippen LogP contribution in [0.5, 0.6) is 5.75 Å². The van der Waals surface area contributed by atoms with E-state index in [1.54, 1.807) is 12.1 Å². The summed E-state index contributed by atoms with van der Waals surface area (Å²) in [6.07, 6.45) is 2.90. The summed E-state index contributed by atoms with van der Waals surface area (Å²) in [5.74, 6) is 0.667. The summed E-state index contributed by atoms with van der Waals surface area (Å²) < 4.78 is 27.9. The van der Waals surface area contributed by atoms with Gasteiger partial charge in [-0.25, -0.2) is 0 Å². The number of amides is 1. The molecule has 1 aromatic rings. The van der Waals surface area contributed by atoms with Gasteiger partial charge in [0.25, 0.3) is 0 Å². The maximum absolute atomic E-state index is 12.4. The lowest BCUT2D eigenvalue weighted by atomic mass is 10.1. The summed E-state index contributed by atoms with van der Waals surface area (Å²) in [5, 5.41) is 0. The zero-order valence-electron chi connectivity index (χ0n) is 14.0. The van der Waals surface area contributed by atoms with E-state index in [2.05, 4.69) is 13.8 Å². The van der Waals surface area contributed by atoms with E-state index in [0.717, 1.165) is 24.8 Å². The van der Waals surface area contributed by atoms with Crippen molar-refractivity contribution in [3.05, 3.63) is 29.8 Å². The van der Waals surface area contributed by atoms with Gasteiger partial charge in [-0.15, -0.1) is 0 Å². The third kappa shape index (κ3) is 4.96. The van der Waals surface area contributed by atoms with E-state index in [1.165, 1.54) is 6.92 Å². The predicted octanol–water partition coefficient (Wildman–Crippen LogP) is 2.95. The van der Waals surface area contributed by atoms with Crippen LogP contribution in [0.2, 0.25) is 0 Å². The molecule has 2 rings (SSSR count). The molecule has 1 atom stereocenters. The first-order chi connectivity index (χ1) is 10.9. The van der Waals surface area contributed by atoms with Gasteiger partial charge in [-0.3, -0.25) is 4.79 Å². The SMILES string of the molecule is CCC(C)N(Cc1ccc(OS(=O)(=O)CC)cc1)C(=O)C1CC1. The molecule has 1 aliphatic rings. The minimum Gasteiger partial charge on any atom is -0.382 e. The average molecular weight is 339 g/mol. The molecule has 0 N–H and O–H groups in total. The molecule has 0 radical (unpaired) electrons. The average Bonchev–Trinajstić information content (AvgIpc) is 3.37. The number of benzene rings is 1. The van der Waals surface area contributed by atoms with Gasteiger partial charge in [0.15, 0.2) is 0 Å². The maximum atomic E-state index is 12.4. The van der Waals surface area contributed by atoms with Crippen LogP contribution in [0.3, 0.4) is 0 Å². The molecule has 1 amide bonds. The number of nitrogens with zero attached hydrogens (tertiary/aromatic N) is 1. The van der Waals surface area contributed by atoms with Crippen LogP contribution in [-0.2, 0) is 21.5 Å². The second kappa shape index (κ2) is 7.34. The molecule has 1 fully saturated rings. The highest BCUT2D eigenvalue weighted by Crippen LogP contribution is 2.32. The largest absolute Gasteiger partial charge is 0.382 e. The molecule has 1 saturated carbocycles. The van der Waals surface area contributed by atoms with Crippen molar-refractivity contribution in [1.29, 1.82) is 0 Å². The molecule has 128 valence electrons. The lowest BCUT2D eigenvalue weighted by molar-refractivity contribution is -0.135. The number of rotatable bonds is 8. The first-order valence-electron chi connectivity index (χ1n) is 8.17. The predicted molar refractivity (Wildman–Crippen MR) is 89.6 cm³/mol. The number of hydrogen-bond donors (Lipinski definition) is 0. The van der Waals surface area contributed by atoms with E-state index >= 15 is 0 Å². The lowest BCUT2D eigenvalue weighted by Crippen LogP contribution is -2.38. The highest BCUT2D eigenvalue weighted by Gasteiger charge is 2.34. The van der Waals surface area contributed by atoms with Crippen LogP contribution in [0, 0.1) is 5.92 Å². The van der Waals surface area contributed by atoms with E-state index in [4.69, 9.17) is 4.18 Å². The van der Waals surface area contributed by atoms with Crippen LogP contribution in [0.1, 0.15) is 45.6 Å². The zero-order valence-corrected chi connectivity index (χ0v) is 14.8. The van der Waals surface area contributed by atoms with Crippen molar-refractivity contribution >= 4 is 16.0 Å². The minimum absolute atomic E-state index is 0.0631. The highest BCUT2D eigenvalue weighted by atomic mass is 32.2. The first-order valence-corrected chi connectivity index (χ1v) is 9.75. The van der Waals surface area contributed by atoms with Crippen LogP contribution in [-0.4, -0.2) is 31.0 Å². The van der Waals surface area contributed by atoms with E-state index in [0.29, 0.717) is 12.3 Å². The topological polar surface area (TPSA) is 63.7 Å². The molecule has 6 heteroatoms. The third-order valence-corrected chi connectivity index (χ3v) is 5.34. The number of hydrogen-bond acceptors (Lipinski definition) is 4. The van der Waals surface area contributed by atoms with Gasteiger partial charge in [0.05, 0.1) is 5.75 Å². The fourth-order valence-corrected chi connectivity index (χ4v) is 2.81. The van der Waals surface area contributed by atoms with Crippen molar-refractivity contribution in [3.8, 4) is 5.75 Å². The standard InChI is InChI=1S/C17H25NO4S/c1-4-13(3)18(17(19)15-8-9-15)12-14-6-10-16(11-7-14)22-23(20,21)5-2/h6-7,10-11,13,15H,4-5,8-9,12H2,1-3H3. The summed E-state index contributed by atoms with van der Waals surface area (Å²) in [6, 6.07) is 7.10. The Morgan fingerprint density at radius 3 is 2.35 bits per heavy atom. The number of carbonyl (C=O) groups excluding carboxylic acids is 1. The third-order valence-electron chi connectivity index (χ3n) is 4.19. The molecule has 23 heavy (non-hydrogen) atoms. The van der Waals surface area contributed by atoms with Crippen LogP contribution < -0.4 is 4.18 Å². The highest BCUT2D eigenvalue weighted by molar-refractivity contribution is 7.87. The summed E-state index contributed by atoms with van der Waals surface area (Å²) in [5.41, 5.74) is 0.973. The van der Waals surface area contributed by atoms with Gasteiger partial charge >= 0.3 is 10.1 Å². The van der Waals surface area contributed by atoms with Crippen LogP contribution >= 0.6 is 0 Å². The second-order valence-corrected chi connectivity index (χ2v) is 7.93. The van der Waals surface area contributed by atoms with Gasteiger partial charge in [0.1, 0.15) is 5.75 Å². The monoisotopic (exact) mass is 339 g/mol. The molecule has 1 aliphatic carbocycles. The Hall–Kier alpha value is -1.56. The van der Waals surface area contributed by atoms with Crippen LogP contribution in [0.25, 0.3) is 0 Å². The smallest absolute Gasteiger partial charge is 0.308 e. The van der Waals surface area contributed by atoms with Crippen molar-refractivity contribution in [3.63, 3.8) is 0 Å². The molecule has 1 aromatic carbocycles. The quantitative estimate of drug-likeness (QED) is 0.683. The number of carbonyl (C=O) groups is 1. The Balaban J connectivity index is 2.06. The molecule has 0 bridgehead atoms. The van der Waals surface area contributed by atoms with Gasteiger partial charge in [0, 0.05) is 18.5 Å². The summed E-state index contributed by atoms with van der Waals surface area (Å²) in [7, 11) is -3.51. The normalized spacial score (nSPS) is 16.0. The molecular formula is C17H25NO4S. The summed E-state index contributed by atoms with van der Waals surface area (Å²) in [4.78, 5) is 14.4. The van der Waals surface area contributed by atoms with Gasteiger partial charge in [-0.2, -0.15) is 8.42 Å². The van der Waals surface area contributed by atoms with Gasteiger partial charge in [-0.05, 0) is 50.8 Å². The molecule has 0 saturated heterocycles. The molecular weight excluding hydrogens is 314 g/mol. The van der Waals surface area contributed by atoms with Crippen molar-refractivity contribution < 1.29 is 17.4 Å². The van der Waals surface area contributed by atoms with Gasteiger partial charge in [0.2, 0.25) is 5.91 Å². The molecule has 1 unspecified atom stereocenters. The van der Waals surface area contributed by atoms with Crippen molar-refractivity contribution in [2.24, 2.45) is 5.92 Å². The van der Waals surface area contributed by atoms with E-state index < -0.39 is 10.1 Å². The molecule has 5 nitrogen and oxygen atoms in total. The molecule has 0 heterocycles. The Bertz CT molecular complexity index is 635. The van der Waals surface area contributed by atoms with Crippen molar-refractivity contribution in [1.82, 2.24) is 4.90 Å². The van der Waals surface area contributed by atoms with Gasteiger partial charge < -0.3 is 9.08 Å². The Kier molecular flexibility index (Phi) is 5.68.